The van der Waals surface area contributed by atoms with Gasteiger partial charge < -0.3 is 10.2 Å². The number of hydrogen-bond acceptors (Lipinski definition) is 3. The van der Waals surface area contributed by atoms with Crippen molar-refractivity contribution in [2.75, 3.05) is 20.1 Å². The zero-order valence-electron chi connectivity index (χ0n) is 12.5. The minimum Gasteiger partial charge on any atom is -0.313 e. The first-order chi connectivity index (χ1) is 9.19. The van der Waals surface area contributed by atoms with Gasteiger partial charge in [-0.1, -0.05) is 19.9 Å². The maximum absolute atomic E-state index is 4.56. The van der Waals surface area contributed by atoms with Crippen molar-refractivity contribution in [2.24, 2.45) is 11.8 Å². The van der Waals surface area contributed by atoms with E-state index >= 15 is 0 Å². The van der Waals surface area contributed by atoms with Crippen molar-refractivity contribution in [3.63, 3.8) is 0 Å². The number of nitrogens with zero attached hydrogens (tertiary/aromatic N) is 2. The standard InChI is InChI=1S/C16H27N3/c1-4-7-17-9-14-5-6-16(18-10-14)12-19(3)11-15-8-13(15)2/h5-6,10,13,15,17H,4,7-9,11-12H2,1-3H3. The van der Waals surface area contributed by atoms with Gasteiger partial charge in [-0.05, 0) is 49.9 Å². The van der Waals surface area contributed by atoms with Crippen LogP contribution in [0, 0.1) is 11.8 Å². The van der Waals surface area contributed by atoms with Crippen LogP contribution in [-0.4, -0.2) is 30.0 Å². The molecule has 1 aliphatic rings. The second kappa shape index (κ2) is 7.01. The van der Waals surface area contributed by atoms with E-state index in [9.17, 15) is 0 Å². The highest BCUT2D eigenvalue weighted by Gasteiger charge is 2.32. The van der Waals surface area contributed by atoms with Gasteiger partial charge in [-0.25, -0.2) is 0 Å². The van der Waals surface area contributed by atoms with Crippen LogP contribution in [0.25, 0.3) is 0 Å². The molecule has 0 radical (unpaired) electrons. The average Bonchev–Trinajstić information content (AvgIpc) is 3.07. The summed E-state index contributed by atoms with van der Waals surface area (Å²) >= 11 is 0. The van der Waals surface area contributed by atoms with E-state index in [0.717, 1.165) is 31.5 Å². The van der Waals surface area contributed by atoms with Gasteiger partial charge in [0.05, 0.1) is 5.69 Å². The molecule has 1 aromatic heterocycles. The van der Waals surface area contributed by atoms with Crippen LogP contribution in [0.2, 0.25) is 0 Å². The maximum atomic E-state index is 4.56. The second-order valence-corrected chi connectivity index (χ2v) is 6.00. The molecule has 0 spiro atoms. The highest BCUT2D eigenvalue weighted by molar-refractivity contribution is 5.14. The molecule has 0 aliphatic heterocycles. The van der Waals surface area contributed by atoms with Crippen LogP contribution in [0.4, 0.5) is 0 Å². The fraction of sp³-hybridized carbons (Fsp3) is 0.688. The lowest BCUT2D eigenvalue weighted by Crippen LogP contribution is -2.21. The molecule has 19 heavy (non-hydrogen) atoms. The van der Waals surface area contributed by atoms with Crippen LogP contribution in [-0.2, 0) is 13.1 Å². The fourth-order valence-corrected chi connectivity index (χ4v) is 2.46. The van der Waals surface area contributed by atoms with Gasteiger partial charge in [-0.15, -0.1) is 0 Å². The topological polar surface area (TPSA) is 28.2 Å². The fourth-order valence-electron chi connectivity index (χ4n) is 2.46. The molecular weight excluding hydrogens is 234 g/mol. The van der Waals surface area contributed by atoms with E-state index in [1.54, 1.807) is 0 Å². The van der Waals surface area contributed by atoms with Crippen LogP contribution < -0.4 is 5.32 Å². The van der Waals surface area contributed by atoms with Crippen LogP contribution in [0.1, 0.15) is 37.9 Å². The number of aromatic nitrogens is 1. The molecule has 1 aliphatic carbocycles. The first-order valence-electron chi connectivity index (χ1n) is 7.52. The Morgan fingerprint density at radius 3 is 2.79 bits per heavy atom. The van der Waals surface area contributed by atoms with Crippen LogP contribution >= 0.6 is 0 Å². The first-order valence-corrected chi connectivity index (χ1v) is 7.52. The Bertz CT molecular complexity index is 374. The quantitative estimate of drug-likeness (QED) is 0.729. The van der Waals surface area contributed by atoms with Crippen molar-refractivity contribution in [2.45, 2.75) is 39.8 Å². The Hall–Kier alpha value is -0.930. The molecule has 3 nitrogen and oxygen atoms in total. The third-order valence-corrected chi connectivity index (χ3v) is 3.90. The first kappa shape index (κ1) is 14.5. The van der Waals surface area contributed by atoms with E-state index in [1.165, 1.54) is 30.6 Å². The summed E-state index contributed by atoms with van der Waals surface area (Å²) in [5, 5.41) is 3.40. The van der Waals surface area contributed by atoms with Gasteiger partial charge >= 0.3 is 0 Å². The summed E-state index contributed by atoms with van der Waals surface area (Å²) in [6.07, 6.45) is 4.58. The van der Waals surface area contributed by atoms with Gasteiger partial charge in [0.15, 0.2) is 0 Å². The Morgan fingerprint density at radius 2 is 2.21 bits per heavy atom. The summed E-state index contributed by atoms with van der Waals surface area (Å²) in [6.45, 7) is 8.70. The van der Waals surface area contributed by atoms with Gasteiger partial charge in [0.25, 0.3) is 0 Å². The third-order valence-electron chi connectivity index (χ3n) is 3.90. The molecule has 2 rings (SSSR count). The molecule has 2 unspecified atom stereocenters. The van der Waals surface area contributed by atoms with Gasteiger partial charge in [-0.3, -0.25) is 4.98 Å². The minimum absolute atomic E-state index is 0.919. The monoisotopic (exact) mass is 261 g/mol. The van der Waals surface area contributed by atoms with Crippen molar-refractivity contribution in [3.8, 4) is 0 Å². The molecule has 1 N–H and O–H groups in total. The smallest absolute Gasteiger partial charge is 0.0544 e. The summed E-state index contributed by atoms with van der Waals surface area (Å²) in [7, 11) is 2.20. The molecule has 3 heteroatoms. The molecule has 0 amide bonds. The summed E-state index contributed by atoms with van der Waals surface area (Å²) < 4.78 is 0. The van der Waals surface area contributed by atoms with E-state index < -0.39 is 0 Å². The van der Waals surface area contributed by atoms with Crippen LogP contribution in [0.15, 0.2) is 18.3 Å². The maximum Gasteiger partial charge on any atom is 0.0544 e. The van der Waals surface area contributed by atoms with E-state index in [4.69, 9.17) is 0 Å². The van der Waals surface area contributed by atoms with Gasteiger partial charge in [0.1, 0.15) is 0 Å². The molecule has 0 bridgehead atoms. The van der Waals surface area contributed by atoms with Gasteiger partial charge in [0, 0.05) is 25.8 Å². The molecule has 1 fully saturated rings. The molecule has 2 atom stereocenters. The van der Waals surface area contributed by atoms with Crippen molar-refractivity contribution in [3.05, 3.63) is 29.6 Å². The molecule has 0 saturated heterocycles. The largest absolute Gasteiger partial charge is 0.313 e. The van der Waals surface area contributed by atoms with Crippen LogP contribution in [0.5, 0.6) is 0 Å². The molecule has 0 aromatic carbocycles. The molecule has 106 valence electrons. The number of pyridine rings is 1. The predicted molar refractivity (Wildman–Crippen MR) is 79.8 cm³/mol. The lowest BCUT2D eigenvalue weighted by Gasteiger charge is -2.16. The summed E-state index contributed by atoms with van der Waals surface area (Å²) in [5.41, 5.74) is 2.45. The lowest BCUT2D eigenvalue weighted by molar-refractivity contribution is 0.304. The van der Waals surface area contributed by atoms with E-state index in [-0.39, 0.29) is 0 Å². The minimum atomic E-state index is 0.919. The Morgan fingerprint density at radius 1 is 1.42 bits per heavy atom. The van der Waals surface area contributed by atoms with Crippen molar-refractivity contribution >= 4 is 0 Å². The number of hydrogen-bond donors (Lipinski definition) is 1. The molecular formula is C16H27N3. The van der Waals surface area contributed by atoms with E-state index in [0.29, 0.717) is 0 Å². The van der Waals surface area contributed by atoms with E-state index in [2.05, 4.69) is 48.2 Å². The second-order valence-electron chi connectivity index (χ2n) is 6.00. The summed E-state index contributed by atoms with van der Waals surface area (Å²) in [6, 6.07) is 4.36. The average molecular weight is 261 g/mol. The van der Waals surface area contributed by atoms with Crippen molar-refractivity contribution < 1.29 is 0 Å². The van der Waals surface area contributed by atoms with E-state index in [1.807, 2.05) is 6.20 Å². The molecule has 1 heterocycles. The molecule has 1 saturated carbocycles. The Labute approximate surface area is 117 Å². The lowest BCUT2D eigenvalue weighted by atomic mass is 10.2. The Kier molecular flexibility index (Phi) is 5.34. The van der Waals surface area contributed by atoms with Crippen LogP contribution in [0.3, 0.4) is 0 Å². The normalized spacial score (nSPS) is 21.9. The number of nitrogens with one attached hydrogen (secondary N) is 1. The summed E-state index contributed by atoms with van der Waals surface area (Å²) in [4.78, 5) is 6.96. The SMILES string of the molecule is CCCNCc1ccc(CN(C)CC2CC2C)nc1. The van der Waals surface area contributed by atoms with Gasteiger partial charge in [-0.2, -0.15) is 0 Å². The highest BCUT2D eigenvalue weighted by atomic mass is 15.1. The van der Waals surface area contributed by atoms with Crippen molar-refractivity contribution in [1.82, 2.24) is 15.2 Å². The predicted octanol–water partition coefficient (Wildman–Crippen LogP) is 2.67. The third kappa shape index (κ3) is 4.92. The number of rotatable bonds is 8. The van der Waals surface area contributed by atoms with Gasteiger partial charge in [0.2, 0.25) is 0 Å². The highest BCUT2D eigenvalue weighted by Crippen LogP contribution is 2.38. The summed E-state index contributed by atoms with van der Waals surface area (Å²) in [5.74, 6) is 1.85. The Balaban J connectivity index is 1.74. The van der Waals surface area contributed by atoms with Crippen molar-refractivity contribution in [1.29, 1.82) is 0 Å². The zero-order chi connectivity index (χ0) is 13.7. The molecule has 1 aromatic rings. The zero-order valence-corrected chi connectivity index (χ0v) is 12.5.